The van der Waals surface area contributed by atoms with E-state index in [0.717, 1.165) is 0 Å². The van der Waals surface area contributed by atoms with Crippen LogP contribution in [0.5, 0.6) is 0 Å². The molecule has 0 radical (unpaired) electrons. The largest absolute Gasteiger partial charge is 1.00 e. The Kier molecular flexibility index (Phi) is 158. The molecule has 0 aliphatic rings. The van der Waals surface area contributed by atoms with Crippen LogP contribution in [0, 0.1) is 0 Å². The first kappa shape index (κ1) is 33.8. The molecule has 0 saturated heterocycles. The molecular weight excluding hydrogens is 134 g/mol. The molecule has 0 rings (SSSR count). The van der Waals surface area contributed by atoms with Gasteiger partial charge in [-0.3, -0.25) is 0 Å². The van der Waals surface area contributed by atoms with Gasteiger partial charge in [0.1, 0.15) is 0 Å². The Balaban J connectivity index is 0. The summed E-state index contributed by atoms with van der Waals surface area (Å²) in [6.45, 7) is 0. The zero-order chi connectivity index (χ0) is 0. The summed E-state index contributed by atoms with van der Waals surface area (Å²) in [6, 6.07) is 0. The van der Waals surface area contributed by atoms with E-state index in [2.05, 4.69) is 0 Å². The normalized spacial score (nSPS) is 0. The minimum absolute atomic E-state index is 0. The average molecular weight is 142 g/mol. The Morgan fingerprint density at radius 2 is 1.25 bits per heavy atom. The van der Waals surface area contributed by atoms with Gasteiger partial charge < -0.3 is 1.43 Å². The van der Waals surface area contributed by atoms with Gasteiger partial charge >= 0.3 is 29.6 Å². The molecule has 0 aromatic rings. The van der Waals surface area contributed by atoms with Gasteiger partial charge in [-0.05, 0) is 11.0 Å². The molecule has 24 valence electrons. The molecule has 0 spiro atoms. The van der Waals surface area contributed by atoms with Gasteiger partial charge in [-0.2, -0.15) is 0 Å². The van der Waals surface area contributed by atoms with Gasteiger partial charge in [0.2, 0.25) is 0 Å². The van der Waals surface area contributed by atoms with Gasteiger partial charge in [0.15, 0.2) is 17.4 Å². The first-order chi connectivity index (χ1) is 0. The van der Waals surface area contributed by atoms with E-state index in [1.165, 1.54) is 0 Å². The molecule has 4 heteroatoms. The molecule has 0 N–H and O–H groups in total. The maximum atomic E-state index is 0. The number of hydrogen-bond donors (Lipinski definition) is 0. The second-order valence-electron chi connectivity index (χ2n) is 0. The van der Waals surface area contributed by atoms with Gasteiger partial charge in [0.05, 0.1) is 0 Å². The molecule has 0 fully saturated rings. The van der Waals surface area contributed by atoms with Crippen LogP contribution >= 0.6 is 0 Å². The molecule has 0 bridgehead atoms. The van der Waals surface area contributed by atoms with Crippen molar-refractivity contribution in [1.82, 2.24) is 0 Å². The second-order valence-corrected chi connectivity index (χ2v) is 0. The van der Waals surface area contributed by atoms with Crippen molar-refractivity contribution in [3.63, 3.8) is 0 Å². The molecule has 0 aliphatic carbocycles. The summed E-state index contributed by atoms with van der Waals surface area (Å²) in [5.41, 5.74) is 0. The fraction of sp³-hybridized carbons (Fsp3) is 0. The third kappa shape index (κ3) is 8.86. The summed E-state index contributed by atoms with van der Waals surface area (Å²) in [4.78, 5) is 0. The third-order valence-electron chi connectivity index (χ3n) is 0. The molecule has 0 atom stereocenters. The Morgan fingerprint density at radius 3 is 1.25 bits per heavy atom. The molecular formula is H8AlFeNaSi. The van der Waals surface area contributed by atoms with Crippen LogP contribution in [0.1, 0.15) is 1.43 Å². The van der Waals surface area contributed by atoms with Gasteiger partial charge in [0.25, 0.3) is 0 Å². The van der Waals surface area contributed by atoms with Crippen LogP contribution in [0.25, 0.3) is 0 Å². The van der Waals surface area contributed by atoms with Crippen LogP contribution in [0.4, 0.5) is 0 Å². The van der Waals surface area contributed by atoms with Crippen LogP contribution in [0.2, 0.25) is 0 Å². The SMILES string of the molecule is [AlH3].[Fe].[H-].[Na+].[SiH4]. The van der Waals surface area contributed by atoms with E-state index in [-0.39, 0.29) is 76.4 Å². The van der Waals surface area contributed by atoms with Gasteiger partial charge in [-0.1, -0.05) is 0 Å². The summed E-state index contributed by atoms with van der Waals surface area (Å²) in [7, 11) is 0. The van der Waals surface area contributed by atoms with Crippen LogP contribution < -0.4 is 29.6 Å². The van der Waals surface area contributed by atoms with Crippen LogP contribution in [0.15, 0.2) is 0 Å². The summed E-state index contributed by atoms with van der Waals surface area (Å²) in [5.74, 6) is 0. The zero-order valence-corrected chi connectivity index (χ0v) is 4.46. The van der Waals surface area contributed by atoms with Crippen molar-refractivity contribution in [2.24, 2.45) is 0 Å². The Hall–Kier alpha value is 2.27. The Bertz CT molecular complexity index is 11.6. The molecule has 0 aliphatic heterocycles. The molecule has 0 aromatic carbocycles. The van der Waals surface area contributed by atoms with Crippen molar-refractivity contribution < 1.29 is 48.1 Å². The van der Waals surface area contributed by atoms with Crippen molar-refractivity contribution >= 4 is 28.3 Å². The van der Waals surface area contributed by atoms with E-state index in [4.69, 9.17) is 0 Å². The van der Waals surface area contributed by atoms with Crippen molar-refractivity contribution in [3.05, 3.63) is 0 Å². The standard InChI is InChI=1S/Al.Fe.Na.H4Si.4H/h;;;1H4;;;;/q;;+1;;;;;-1. The second kappa shape index (κ2) is 18.7. The predicted octanol–water partition coefficient (Wildman–Crippen LogP) is -5.52. The summed E-state index contributed by atoms with van der Waals surface area (Å²) >= 11 is 0. The van der Waals surface area contributed by atoms with E-state index in [1.807, 2.05) is 0 Å². The zero-order valence-electron chi connectivity index (χ0n) is 2.35. The van der Waals surface area contributed by atoms with Gasteiger partial charge in [-0.15, -0.1) is 0 Å². The minimum atomic E-state index is 0. The summed E-state index contributed by atoms with van der Waals surface area (Å²) in [6.07, 6.45) is 0. The molecule has 0 amide bonds. The predicted molar refractivity (Wildman–Crippen MR) is 22.4 cm³/mol. The van der Waals surface area contributed by atoms with E-state index >= 15 is 0 Å². The monoisotopic (exact) mass is 142 g/mol. The fourth-order valence-electron chi connectivity index (χ4n) is 0. The topological polar surface area (TPSA) is 0 Å². The average Bonchev–Trinajstić information content (AvgIpc) is 0. The first-order valence-electron chi connectivity index (χ1n) is 0. The first-order valence-corrected chi connectivity index (χ1v) is 0. The quantitative estimate of drug-likeness (QED) is 0.296. The van der Waals surface area contributed by atoms with Crippen molar-refractivity contribution in [3.8, 4) is 0 Å². The van der Waals surface area contributed by atoms with Crippen LogP contribution in [-0.4, -0.2) is 28.3 Å². The summed E-state index contributed by atoms with van der Waals surface area (Å²) < 4.78 is 0. The number of hydrogen-bond acceptors (Lipinski definition) is 0. The molecule has 0 aromatic heterocycles. The van der Waals surface area contributed by atoms with Gasteiger partial charge in [0, 0.05) is 17.1 Å². The fourth-order valence-corrected chi connectivity index (χ4v) is 0. The van der Waals surface area contributed by atoms with Crippen LogP contribution in [-0.2, 0) is 17.1 Å². The van der Waals surface area contributed by atoms with E-state index in [0.29, 0.717) is 0 Å². The van der Waals surface area contributed by atoms with Crippen molar-refractivity contribution in [2.45, 2.75) is 0 Å². The Morgan fingerprint density at radius 1 is 1.25 bits per heavy atom. The van der Waals surface area contributed by atoms with Crippen molar-refractivity contribution in [1.29, 1.82) is 0 Å². The third-order valence-corrected chi connectivity index (χ3v) is 0. The van der Waals surface area contributed by atoms with E-state index in [1.54, 1.807) is 0 Å². The van der Waals surface area contributed by atoms with Crippen molar-refractivity contribution in [2.75, 3.05) is 0 Å². The summed E-state index contributed by atoms with van der Waals surface area (Å²) in [5, 5.41) is 0. The smallest absolute Gasteiger partial charge is 1.00 e. The van der Waals surface area contributed by atoms with E-state index in [9.17, 15) is 0 Å². The maximum Gasteiger partial charge on any atom is 1.00 e. The molecule has 0 nitrogen and oxygen atoms in total. The molecule has 0 saturated carbocycles. The molecule has 0 unspecified atom stereocenters. The van der Waals surface area contributed by atoms with Crippen LogP contribution in [0.3, 0.4) is 0 Å². The van der Waals surface area contributed by atoms with Gasteiger partial charge in [-0.25, -0.2) is 0 Å². The minimum Gasteiger partial charge on any atom is -1.00 e. The maximum absolute atomic E-state index is 0. The molecule has 0 heterocycles. The number of rotatable bonds is 0. The van der Waals surface area contributed by atoms with E-state index < -0.39 is 0 Å². The Labute approximate surface area is 75.5 Å². The molecule has 4 heavy (non-hydrogen) atoms.